The Bertz CT molecular complexity index is 1430. The molecule has 0 bridgehead atoms. The Morgan fingerprint density at radius 2 is 2.10 bits per heavy atom. The first-order valence-electron chi connectivity index (χ1n) is 13.0. The second kappa shape index (κ2) is 12.6. The molecule has 1 aliphatic rings. The average Bonchev–Trinajstić information content (AvgIpc) is 3.42. The van der Waals surface area contributed by atoms with Gasteiger partial charge >= 0.3 is 13.7 Å². The summed E-state index contributed by atoms with van der Waals surface area (Å²) in [6.07, 6.45) is -1.38. The van der Waals surface area contributed by atoms with Gasteiger partial charge in [-0.25, -0.2) is 23.9 Å². The first-order chi connectivity index (χ1) is 19.3. The Labute approximate surface area is 241 Å². The van der Waals surface area contributed by atoms with E-state index in [-0.39, 0.29) is 22.7 Å². The largest absolute Gasteiger partial charge is 0.462 e. The number of esters is 1. The van der Waals surface area contributed by atoms with E-state index >= 15 is 4.39 Å². The average molecular weight is 615 g/mol. The van der Waals surface area contributed by atoms with Gasteiger partial charge in [0.1, 0.15) is 35.8 Å². The van der Waals surface area contributed by atoms with Gasteiger partial charge < -0.3 is 24.8 Å². The molecule has 1 aromatic carbocycles. The van der Waals surface area contributed by atoms with Crippen molar-refractivity contribution in [2.75, 3.05) is 12.3 Å². The van der Waals surface area contributed by atoms with E-state index in [1.807, 2.05) is 13.0 Å². The van der Waals surface area contributed by atoms with Crippen LogP contribution in [0.3, 0.4) is 0 Å². The van der Waals surface area contributed by atoms with Crippen molar-refractivity contribution >= 4 is 42.3 Å². The van der Waals surface area contributed by atoms with Crippen molar-refractivity contribution in [2.45, 2.75) is 76.2 Å². The van der Waals surface area contributed by atoms with Crippen LogP contribution in [0.15, 0.2) is 36.9 Å². The summed E-state index contributed by atoms with van der Waals surface area (Å²) in [6, 6.07) is 5.78. The van der Waals surface area contributed by atoms with Gasteiger partial charge in [0.2, 0.25) is 0 Å². The summed E-state index contributed by atoms with van der Waals surface area (Å²) in [7, 11) is -4.34. The second-order valence-corrected chi connectivity index (χ2v) is 12.1. The number of fused-ring (bicyclic) bond motifs is 1. The zero-order valence-corrected chi connectivity index (χ0v) is 24.6. The molecule has 16 heteroatoms. The number of imidazole rings is 1. The highest BCUT2D eigenvalue weighted by Gasteiger charge is 2.58. The van der Waals surface area contributed by atoms with Gasteiger partial charge in [-0.2, -0.15) is 5.09 Å². The van der Waals surface area contributed by atoms with Crippen LogP contribution in [0, 0.1) is 0 Å². The van der Waals surface area contributed by atoms with E-state index in [4.69, 9.17) is 35.9 Å². The molecule has 0 radical (unpaired) electrons. The van der Waals surface area contributed by atoms with Gasteiger partial charge in [-0.3, -0.25) is 13.9 Å². The molecule has 4 N–H and O–H groups in total. The predicted octanol–water partition coefficient (Wildman–Crippen LogP) is 3.66. The molecule has 13 nitrogen and oxygen atoms in total. The van der Waals surface area contributed by atoms with Crippen LogP contribution in [0.4, 0.5) is 10.2 Å². The Kier molecular flexibility index (Phi) is 9.52. The fourth-order valence-electron chi connectivity index (χ4n) is 4.22. The van der Waals surface area contributed by atoms with Crippen LogP contribution >= 0.6 is 19.3 Å². The molecular weight excluding hydrogens is 582 g/mol. The third-order valence-corrected chi connectivity index (χ3v) is 8.20. The molecule has 4 rings (SSSR count). The second-order valence-electron chi connectivity index (χ2n) is 9.85. The molecule has 1 fully saturated rings. The highest BCUT2D eigenvalue weighted by Crippen LogP contribution is 2.49. The standard InChI is InChI=1S/C25H33ClFN6O7P/c1-5-7-16-8-6-9-17(10-16)40-41(36,32-15(4)23(35)38-14(2)3)37-11-18-20(34)25(26,27)24(39-18)33-13-31-19-21(28)29-12-30-22(19)33/h6,8-10,12-15,18,20,24,34H,5,7,11H2,1-4H3,(H,32,36)(H2,28,29,30). The molecule has 3 heterocycles. The normalized spacial score (nSPS) is 24.8. The predicted molar refractivity (Wildman–Crippen MR) is 148 cm³/mol. The van der Waals surface area contributed by atoms with Crippen LogP contribution in [0.5, 0.6) is 5.75 Å². The molecule has 0 saturated carbocycles. The number of nitrogen functional groups attached to an aromatic ring is 1. The Morgan fingerprint density at radius 1 is 1.34 bits per heavy atom. The maximum Gasteiger partial charge on any atom is 0.459 e. The summed E-state index contributed by atoms with van der Waals surface area (Å²) in [4.78, 5) is 24.4. The Hall–Kier alpha value is -2.87. The maximum absolute atomic E-state index is 15.7. The zero-order valence-electron chi connectivity index (χ0n) is 22.9. The number of ether oxygens (including phenoxy) is 2. The number of carbonyl (C=O) groups is 1. The number of halogens is 2. The molecular formula is C25H33ClFN6O7P. The number of hydrogen-bond donors (Lipinski definition) is 3. The van der Waals surface area contributed by atoms with Crippen LogP contribution in [0.1, 0.15) is 45.9 Å². The fourth-order valence-corrected chi connectivity index (χ4v) is 6.01. The zero-order chi connectivity index (χ0) is 29.9. The maximum atomic E-state index is 15.7. The first kappa shape index (κ1) is 31.1. The summed E-state index contributed by atoms with van der Waals surface area (Å²) < 4.78 is 53.0. The lowest BCUT2D eigenvalue weighted by Crippen LogP contribution is -2.40. The molecule has 1 saturated heterocycles. The summed E-state index contributed by atoms with van der Waals surface area (Å²) in [5.41, 5.74) is 7.06. The van der Waals surface area contributed by atoms with Gasteiger partial charge in [-0.05, 0) is 44.9 Å². The minimum absolute atomic E-state index is 0.0588. The van der Waals surface area contributed by atoms with E-state index in [2.05, 4.69) is 20.0 Å². The van der Waals surface area contributed by atoms with Crippen LogP contribution in [0.2, 0.25) is 0 Å². The van der Waals surface area contributed by atoms with E-state index in [0.29, 0.717) is 0 Å². The molecule has 3 aromatic rings. The van der Waals surface area contributed by atoms with E-state index < -0.39 is 56.0 Å². The molecule has 6 unspecified atom stereocenters. The summed E-state index contributed by atoms with van der Waals surface area (Å²) >= 11 is 6.11. The first-order valence-corrected chi connectivity index (χ1v) is 14.9. The summed E-state index contributed by atoms with van der Waals surface area (Å²) in [6.45, 7) is 6.15. The molecule has 224 valence electrons. The number of alkyl halides is 2. The molecule has 41 heavy (non-hydrogen) atoms. The SMILES string of the molecule is CCCc1cccc(OP(=O)(NC(C)C(=O)OC(C)C)OCC2OC(n3cnc4c(N)ncnc43)C(F)(Cl)C2O)c1. The van der Waals surface area contributed by atoms with E-state index in [0.717, 1.165) is 24.7 Å². The highest BCUT2D eigenvalue weighted by atomic mass is 35.5. The third-order valence-electron chi connectivity index (χ3n) is 6.15. The number of aliphatic hydroxyl groups excluding tert-OH is 1. The van der Waals surface area contributed by atoms with Gasteiger partial charge in [-0.15, -0.1) is 0 Å². The van der Waals surface area contributed by atoms with Crippen molar-refractivity contribution in [3.05, 3.63) is 42.5 Å². The Balaban J connectivity index is 1.56. The number of aryl methyl sites for hydroxylation is 1. The van der Waals surface area contributed by atoms with Crippen molar-refractivity contribution in [3.63, 3.8) is 0 Å². The molecule has 0 spiro atoms. The number of nitrogens with one attached hydrogen (secondary N) is 1. The van der Waals surface area contributed by atoms with Crippen LogP contribution in [-0.2, 0) is 29.8 Å². The summed E-state index contributed by atoms with van der Waals surface area (Å²) in [5, 5.41) is 10.4. The van der Waals surface area contributed by atoms with Crippen LogP contribution < -0.4 is 15.3 Å². The molecule has 6 atom stereocenters. The number of hydrogen-bond acceptors (Lipinski definition) is 11. The number of aliphatic hydroxyl groups is 1. The van der Waals surface area contributed by atoms with Gasteiger partial charge in [0, 0.05) is 0 Å². The third kappa shape index (κ3) is 6.96. The molecule has 1 aliphatic heterocycles. The summed E-state index contributed by atoms with van der Waals surface area (Å²) in [5.74, 6) is -0.425. The monoisotopic (exact) mass is 614 g/mol. The lowest BCUT2D eigenvalue weighted by molar-refractivity contribution is -0.149. The molecule has 0 amide bonds. The van der Waals surface area contributed by atoms with E-state index in [1.54, 1.807) is 32.0 Å². The van der Waals surface area contributed by atoms with E-state index in [1.165, 1.54) is 17.8 Å². The fraction of sp³-hybridized carbons (Fsp3) is 0.520. The number of aromatic nitrogens is 4. The number of nitrogens with two attached hydrogens (primary N) is 1. The van der Waals surface area contributed by atoms with Crippen molar-refractivity contribution in [3.8, 4) is 5.75 Å². The lowest BCUT2D eigenvalue weighted by atomic mass is 10.1. The van der Waals surface area contributed by atoms with Crippen molar-refractivity contribution in [1.29, 1.82) is 0 Å². The molecule has 0 aliphatic carbocycles. The van der Waals surface area contributed by atoms with E-state index in [9.17, 15) is 14.5 Å². The number of rotatable bonds is 12. The van der Waals surface area contributed by atoms with Crippen LogP contribution in [-0.4, -0.2) is 66.7 Å². The van der Waals surface area contributed by atoms with Crippen molar-refractivity contribution < 1.29 is 37.4 Å². The van der Waals surface area contributed by atoms with Gasteiger partial charge in [0.15, 0.2) is 17.7 Å². The number of carbonyl (C=O) groups excluding carboxylic acids is 1. The van der Waals surface area contributed by atoms with Crippen molar-refractivity contribution in [1.82, 2.24) is 24.6 Å². The topological polar surface area (TPSA) is 173 Å². The molecule has 2 aromatic heterocycles. The van der Waals surface area contributed by atoms with Crippen molar-refractivity contribution in [2.24, 2.45) is 0 Å². The quantitative estimate of drug-likeness (QED) is 0.154. The smallest absolute Gasteiger partial charge is 0.459 e. The minimum Gasteiger partial charge on any atom is -0.462 e. The lowest BCUT2D eigenvalue weighted by Gasteiger charge is -2.25. The van der Waals surface area contributed by atoms with Gasteiger partial charge in [-0.1, -0.05) is 37.1 Å². The Morgan fingerprint density at radius 3 is 2.80 bits per heavy atom. The minimum atomic E-state index is -4.34. The van der Waals surface area contributed by atoms with Gasteiger partial charge in [0.25, 0.3) is 5.13 Å². The number of benzene rings is 1. The number of nitrogens with zero attached hydrogens (tertiary/aromatic N) is 4. The number of anilines is 1. The highest BCUT2D eigenvalue weighted by molar-refractivity contribution is 7.52. The van der Waals surface area contributed by atoms with Crippen LogP contribution in [0.25, 0.3) is 11.2 Å². The van der Waals surface area contributed by atoms with Gasteiger partial charge in [0.05, 0.1) is 19.0 Å².